The van der Waals surface area contributed by atoms with Crippen LogP contribution in [0.1, 0.15) is 21.7 Å². The maximum absolute atomic E-state index is 12.7. The first-order valence-electron chi connectivity index (χ1n) is 7.56. The summed E-state index contributed by atoms with van der Waals surface area (Å²) in [6, 6.07) is 8.45. The van der Waals surface area contributed by atoms with Gasteiger partial charge in [-0.25, -0.2) is 0 Å². The number of carbonyl (C=O) groups is 1. The van der Waals surface area contributed by atoms with Crippen molar-refractivity contribution in [1.82, 2.24) is 4.90 Å². The van der Waals surface area contributed by atoms with Crippen LogP contribution in [0.3, 0.4) is 0 Å². The van der Waals surface area contributed by atoms with Gasteiger partial charge in [-0.3, -0.25) is 4.79 Å². The van der Waals surface area contributed by atoms with Crippen molar-refractivity contribution in [3.8, 4) is 0 Å². The third-order valence-electron chi connectivity index (χ3n) is 4.04. The molecule has 3 nitrogen and oxygen atoms in total. The fraction of sp³-hybridized carbons (Fsp3) is 0.353. The van der Waals surface area contributed by atoms with E-state index in [-0.39, 0.29) is 5.91 Å². The first kappa shape index (κ1) is 14.3. The van der Waals surface area contributed by atoms with E-state index in [1.165, 1.54) is 20.6 Å². The van der Waals surface area contributed by atoms with Crippen molar-refractivity contribution >= 4 is 44.0 Å². The van der Waals surface area contributed by atoms with Crippen LogP contribution >= 0.6 is 23.1 Å². The van der Waals surface area contributed by atoms with Crippen molar-refractivity contribution in [3.05, 3.63) is 40.8 Å². The Labute approximate surface area is 137 Å². The van der Waals surface area contributed by atoms with Crippen LogP contribution in [-0.2, 0) is 4.74 Å². The Balaban J connectivity index is 1.71. The Morgan fingerprint density at radius 2 is 2.09 bits per heavy atom. The second kappa shape index (κ2) is 6.07. The van der Waals surface area contributed by atoms with Crippen LogP contribution in [0.5, 0.6) is 0 Å². The van der Waals surface area contributed by atoms with Crippen molar-refractivity contribution in [2.24, 2.45) is 0 Å². The Morgan fingerprint density at radius 3 is 2.86 bits per heavy atom. The van der Waals surface area contributed by atoms with Crippen LogP contribution in [0.15, 0.2) is 30.3 Å². The van der Waals surface area contributed by atoms with Crippen LogP contribution < -0.4 is 0 Å². The number of fused-ring (bicyclic) bond motifs is 1. The number of benzene rings is 1. The average molecular weight is 331 g/mol. The van der Waals surface area contributed by atoms with Crippen LogP contribution in [0.25, 0.3) is 15.0 Å². The van der Waals surface area contributed by atoms with Crippen molar-refractivity contribution in [2.75, 3.05) is 32.1 Å². The number of allylic oxidation sites excluding steroid dienone is 1. The fourth-order valence-corrected chi connectivity index (χ4v) is 4.99. The number of hydrogen-bond donors (Lipinski definition) is 0. The zero-order valence-electron chi connectivity index (χ0n) is 12.2. The van der Waals surface area contributed by atoms with Gasteiger partial charge in [0.15, 0.2) is 0 Å². The van der Waals surface area contributed by atoms with Crippen molar-refractivity contribution in [2.45, 2.75) is 6.42 Å². The van der Waals surface area contributed by atoms with Gasteiger partial charge in [-0.2, -0.15) is 0 Å². The summed E-state index contributed by atoms with van der Waals surface area (Å²) >= 11 is 3.51. The summed E-state index contributed by atoms with van der Waals surface area (Å²) in [7, 11) is 0. The van der Waals surface area contributed by atoms with Crippen LogP contribution in [-0.4, -0.2) is 42.9 Å². The van der Waals surface area contributed by atoms with Gasteiger partial charge in [0.25, 0.3) is 5.91 Å². The van der Waals surface area contributed by atoms with Crippen LogP contribution in [0.2, 0.25) is 0 Å². The summed E-state index contributed by atoms with van der Waals surface area (Å²) in [4.78, 5) is 16.8. The van der Waals surface area contributed by atoms with Crippen molar-refractivity contribution in [3.63, 3.8) is 0 Å². The number of amides is 1. The van der Waals surface area contributed by atoms with E-state index < -0.39 is 0 Å². The third-order valence-corrected chi connectivity index (χ3v) is 6.27. The molecule has 1 aromatic heterocycles. The molecule has 1 aromatic carbocycles. The number of rotatable bonds is 2. The molecular weight excluding hydrogens is 314 g/mol. The highest BCUT2D eigenvalue weighted by molar-refractivity contribution is 8.08. The summed E-state index contributed by atoms with van der Waals surface area (Å²) in [5.41, 5.74) is 1.28. The first-order chi connectivity index (χ1) is 10.8. The van der Waals surface area contributed by atoms with Gasteiger partial charge in [-0.05, 0) is 24.1 Å². The van der Waals surface area contributed by atoms with E-state index in [0.29, 0.717) is 26.3 Å². The molecule has 0 unspecified atom stereocenters. The van der Waals surface area contributed by atoms with Gasteiger partial charge in [0, 0.05) is 33.8 Å². The highest BCUT2D eigenvalue weighted by atomic mass is 32.2. The minimum absolute atomic E-state index is 0.142. The zero-order chi connectivity index (χ0) is 14.9. The lowest BCUT2D eigenvalue weighted by molar-refractivity contribution is 0.0306. The molecule has 0 spiro atoms. The van der Waals surface area contributed by atoms with E-state index in [1.807, 2.05) is 16.7 Å². The van der Waals surface area contributed by atoms with Gasteiger partial charge in [0.2, 0.25) is 0 Å². The summed E-state index contributed by atoms with van der Waals surface area (Å²) in [6.07, 6.45) is 3.45. The second-order valence-corrected chi connectivity index (χ2v) is 7.66. The molecule has 0 atom stereocenters. The van der Waals surface area contributed by atoms with Crippen LogP contribution in [0.4, 0.5) is 0 Å². The molecule has 1 amide bonds. The number of morpholine rings is 1. The number of carbonyl (C=O) groups excluding carboxylic acids is 1. The average Bonchev–Trinajstić information content (AvgIpc) is 3.24. The predicted octanol–water partition coefficient (Wildman–Crippen LogP) is 3.85. The predicted molar refractivity (Wildman–Crippen MR) is 93.6 cm³/mol. The van der Waals surface area contributed by atoms with Gasteiger partial charge in [0.1, 0.15) is 0 Å². The van der Waals surface area contributed by atoms with E-state index in [2.05, 4.69) is 30.3 Å². The number of nitrogens with zero attached hydrogens (tertiary/aromatic N) is 1. The Hall–Kier alpha value is -1.30. The fourth-order valence-electron chi connectivity index (χ4n) is 2.91. The summed E-state index contributed by atoms with van der Waals surface area (Å²) in [5.74, 6) is 1.30. The molecule has 0 N–H and O–H groups in total. The second-order valence-electron chi connectivity index (χ2n) is 5.44. The SMILES string of the molecule is O=C(c1cc2c(C3=CCCS3)cccc2s1)N1CCOCC1. The molecule has 0 saturated carbocycles. The Kier molecular flexibility index (Phi) is 3.94. The molecule has 2 aliphatic rings. The van der Waals surface area contributed by atoms with Gasteiger partial charge >= 0.3 is 0 Å². The van der Waals surface area contributed by atoms with Gasteiger partial charge in [-0.1, -0.05) is 18.2 Å². The lowest BCUT2D eigenvalue weighted by Gasteiger charge is -2.26. The first-order valence-corrected chi connectivity index (χ1v) is 9.36. The molecule has 1 fully saturated rings. The van der Waals surface area contributed by atoms with E-state index in [1.54, 1.807) is 11.3 Å². The van der Waals surface area contributed by atoms with E-state index in [4.69, 9.17) is 4.74 Å². The molecule has 1 saturated heterocycles. The largest absolute Gasteiger partial charge is 0.378 e. The highest BCUT2D eigenvalue weighted by Gasteiger charge is 2.21. The molecule has 22 heavy (non-hydrogen) atoms. The molecule has 0 aliphatic carbocycles. The summed E-state index contributed by atoms with van der Waals surface area (Å²) in [5, 5.41) is 1.21. The maximum atomic E-state index is 12.7. The minimum atomic E-state index is 0.142. The molecule has 0 bridgehead atoms. The molecule has 3 heterocycles. The topological polar surface area (TPSA) is 29.5 Å². The van der Waals surface area contributed by atoms with E-state index in [9.17, 15) is 4.79 Å². The standard InChI is InChI=1S/C17H17NO2S2/c19-17(18-6-8-20-9-7-18)16-11-13-12(14-5-2-10-21-14)3-1-4-15(13)22-16/h1,3-5,11H,2,6-10H2. The van der Waals surface area contributed by atoms with Crippen molar-refractivity contribution < 1.29 is 9.53 Å². The Bertz CT molecular complexity index is 744. The molecule has 5 heteroatoms. The molecule has 114 valence electrons. The maximum Gasteiger partial charge on any atom is 0.264 e. The number of thioether (sulfide) groups is 1. The quantitative estimate of drug-likeness (QED) is 0.837. The van der Waals surface area contributed by atoms with E-state index in [0.717, 1.165) is 17.1 Å². The number of ether oxygens (including phenoxy) is 1. The monoisotopic (exact) mass is 331 g/mol. The zero-order valence-corrected chi connectivity index (χ0v) is 13.8. The molecule has 0 radical (unpaired) electrons. The summed E-state index contributed by atoms with van der Waals surface area (Å²) < 4.78 is 6.53. The lowest BCUT2D eigenvalue weighted by Crippen LogP contribution is -2.40. The number of thiophene rings is 1. The Morgan fingerprint density at radius 1 is 1.23 bits per heavy atom. The third kappa shape index (κ3) is 2.57. The molecule has 2 aliphatic heterocycles. The molecular formula is C17H17NO2S2. The van der Waals surface area contributed by atoms with Gasteiger partial charge in [0.05, 0.1) is 18.1 Å². The highest BCUT2D eigenvalue weighted by Crippen LogP contribution is 2.39. The van der Waals surface area contributed by atoms with Gasteiger partial charge in [-0.15, -0.1) is 23.1 Å². The summed E-state index contributed by atoms with van der Waals surface area (Å²) in [6.45, 7) is 2.68. The van der Waals surface area contributed by atoms with Crippen molar-refractivity contribution in [1.29, 1.82) is 0 Å². The smallest absolute Gasteiger partial charge is 0.264 e. The minimum Gasteiger partial charge on any atom is -0.378 e. The normalized spacial score (nSPS) is 18.7. The van der Waals surface area contributed by atoms with Crippen LogP contribution in [0, 0.1) is 0 Å². The van der Waals surface area contributed by atoms with E-state index >= 15 is 0 Å². The lowest BCUT2D eigenvalue weighted by atomic mass is 10.1. The number of hydrogen-bond acceptors (Lipinski definition) is 4. The van der Waals surface area contributed by atoms with Gasteiger partial charge < -0.3 is 9.64 Å². The molecule has 2 aromatic rings. The molecule has 4 rings (SSSR count).